The standard InChI is InChI=1S/C14H20N2OS/c1-10(14(2)7-8-14)16-11-5-3-4-6-12(11)18-9-13(15)17/h3-6,10,16H,7-9H2,1-2H3,(H2,15,17). The average Bonchev–Trinajstić information content (AvgIpc) is 3.07. The predicted molar refractivity (Wildman–Crippen MR) is 76.8 cm³/mol. The van der Waals surface area contributed by atoms with Gasteiger partial charge >= 0.3 is 0 Å². The Hall–Kier alpha value is -1.16. The van der Waals surface area contributed by atoms with E-state index < -0.39 is 0 Å². The van der Waals surface area contributed by atoms with Crippen LogP contribution in [-0.2, 0) is 4.79 Å². The number of thioether (sulfide) groups is 1. The van der Waals surface area contributed by atoms with Crippen LogP contribution in [0.5, 0.6) is 0 Å². The smallest absolute Gasteiger partial charge is 0.227 e. The van der Waals surface area contributed by atoms with E-state index in [2.05, 4.69) is 25.2 Å². The molecular formula is C14H20N2OS. The minimum atomic E-state index is -0.281. The summed E-state index contributed by atoms with van der Waals surface area (Å²) in [5, 5.41) is 3.56. The van der Waals surface area contributed by atoms with Crippen molar-refractivity contribution in [2.45, 2.75) is 37.6 Å². The van der Waals surface area contributed by atoms with Crippen molar-refractivity contribution in [3.63, 3.8) is 0 Å². The highest BCUT2D eigenvalue weighted by Gasteiger charge is 2.42. The van der Waals surface area contributed by atoms with Crippen LogP contribution in [0.3, 0.4) is 0 Å². The van der Waals surface area contributed by atoms with E-state index >= 15 is 0 Å². The summed E-state index contributed by atoms with van der Waals surface area (Å²) in [6.07, 6.45) is 2.58. The van der Waals surface area contributed by atoms with Crippen molar-refractivity contribution >= 4 is 23.4 Å². The fraction of sp³-hybridized carbons (Fsp3) is 0.500. The largest absolute Gasteiger partial charge is 0.381 e. The molecule has 0 aromatic heterocycles. The van der Waals surface area contributed by atoms with Gasteiger partial charge in [-0.25, -0.2) is 0 Å². The first-order valence-electron chi connectivity index (χ1n) is 6.28. The molecule has 18 heavy (non-hydrogen) atoms. The topological polar surface area (TPSA) is 55.1 Å². The zero-order valence-corrected chi connectivity index (χ0v) is 11.7. The number of nitrogens with two attached hydrogens (primary N) is 1. The highest BCUT2D eigenvalue weighted by molar-refractivity contribution is 8.00. The van der Waals surface area contributed by atoms with Crippen LogP contribution < -0.4 is 11.1 Å². The molecule has 0 aliphatic heterocycles. The van der Waals surface area contributed by atoms with Gasteiger partial charge in [0.1, 0.15) is 0 Å². The maximum absolute atomic E-state index is 10.9. The zero-order chi connectivity index (χ0) is 13.2. The minimum Gasteiger partial charge on any atom is -0.381 e. The van der Waals surface area contributed by atoms with Gasteiger partial charge in [-0.1, -0.05) is 19.1 Å². The van der Waals surface area contributed by atoms with Crippen molar-refractivity contribution in [3.05, 3.63) is 24.3 Å². The summed E-state index contributed by atoms with van der Waals surface area (Å²) in [5.74, 6) is 0.0432. The number of hydrogen-bond acceptors (Lipinski definition) is 3. The maximum Gasteiger partial charge on any atom is 0.227 e. The van der Waals surface area contributed by atoms with Crippen LogP contribution in [0.4, 0.5) is 5.69 Å². The monoisotopic (exact) mass is 264 g/mol. The molecule has 0 bridgehead atoms. The summed E-state index contributed by atoms with van der Waals surface area (Å²) >= 11 is 1.49. The van der Waals surface area contributed by atoms with Gasteiger partial charge in [-0.05, 0) is 37.3 Å². The lowest BCUT2D eigenvalue weighted by molar-refractivity contribution is -0.115. The molecular weight excluding hydrogens is 244 g/mol. The Morgan fingerprint density at radius 3 is 2.78 bits per heavy atom. The molecule has 1 aliphatic carbocycles. The van der Waals surface area contributed by atoms with Crippen LogP contribution in [0, 0.1) is 5.41 Å². The first kappa shape index (κ1) is 13.3. The molecule has 3 N–H and O–H groups in total. The van der Waals surface area contributed by atoms with Crippen molar-refractivity contribution < 1.29 is 4.79 Å². The van der Waals surface area contributed by atoms with Crippen LogP contribution in [0.15, 0.2) is 29.2 Å². The van der Waals surface area contributed by atoms with Gasteiger partial charge in [0, 0.05) is 16.6 Å². The highest BCUT2D eigenvalue weighted by atomic mass is 32.2. The number of para-hydroxylation sites is 1. The maximum atomic E-state index is 10.9. The molecule has 1 aromatic carbocycles. The van der Waals surface area contributed by atoms with Crippen LogP contribution in [0.1, 0.15) is 26.7 Å². The molecule has 1 unspecified atom stereocenters. The lowest BCUT2D eigenvalue weighted by Crippen LogP contribution is -2.25. The molecule has 98 valence electrons. The quantitative estimate of drug-likeness (QED) is 0.777. The first-order valence-corrected chi connectivity index (χ1v) is 7.26. The third-order valence-corrected chi connectivity index (χ3v) is 4.81. The number of nitrogens with one attached hydrogen (secondary N) is 1. The Bertz CT molecular complexity index is 443. The van der Waals surface area contributed by atoms with E-state index in [1.807, 2.05) is 18.2 Å². The molecule has 1 saturated carbocycles. The van der Waals surface area contributed by atoms with E-state index in [1.54, 1.807) is 0 Å². The molecule has 4 heteroatoms. The average molecular weight is 264 g/mol. The molecule has 2 rings (SSSR count). The summed E-state index contributed by atoms with van der Waals surface area (Å²) in [7, 11) is 0. The van der Waals surface area contributed by atoms with Gasteiger partial charge < -0.3 is 11.1 Å². The van der Waals surface area contributed by atoms with E-state index in [0.717, 1.165) is 10.6 Å². The molecule has 3 nitrogen and oxygen atoms in total. The van der Waals surface area contributed by atoms with Crippen molar-refractivity contribution in [3.8, 4) is 0 Å². The molecule has 1 aromatic rings. The second-order valence-electron chi connectivity index (χ2n) is 5.27. The van der Waals surface area contributed by atoms with Gasteiger partial charge in [0.05, 0.1) is 5.75 Å². The summed E-state index contributed by atoms with van der Waals surface area (Å²) in [4.78, 5) is 11.9. The van der Waals surface area contributed by atoms with Crippen LogP contribution in [0.25, 0.3) is 0 Å². The summed E-state index contributed by atoms with van der Waals surface area (Å²) < 4.78 is 0. The number of rotatable bonds is 6. The molecule has 0 saturated heterocycles. The third-order valence-electron chi connectivity index (χ3n) is 3.71. The van der Waals surface area contributed by atoms with E-state index in [4.69, 9.17) is 5.73 Å². The number of primary amides is 1. The molecule has 0 radical (unpaired) electrons. The number of carbonyl (C=O) groups is 1. The second kappa shape index (κ2) is 5.22. The van der Waals surface area contributed by atoms with Gasteiger partial charge in [-0.3, -0.25) is 4.79 Å². The van der Waals surface area contributed by atoms with Gasteiger partial charge in [0.15, 0.2) is 0 Å². The van der Waals surface area contributed by atoms with Crippen LogP contribution in [0.2, 0.25) is 0 Å². The Balaban J connectivity index is 2.04. The Morgan fingerprint density at radius 1 is 1.50 bits per heavy atom. The van der Waals surface area contributed by atoms with E-state index in [-0.39, 0.29) is 5.91 Å². The SMILES string of the molecule is CC(Nc1ccccc1SCC(N)=O)C1(C)CC1. The minimum absolute atomic E-state index is 0.281. The third kappa shape index (κ3) is 3.19. The van der Waals surface area contributed by atoms with Gasteiger partial charge in [0.25, 0.3) is 0 Å². The molecule has 1 amide bonds. The number of benzene rings is 1. The number of amides is 1. The van der Waals surface area contributed by atoms with Crippen molar-refractivity contribution in [2.24, 2.45) is 11.1 Å². The normalized spacial score (nSPS) is 18.1. The van der Waals surface area contributed by atoms with Gasteiger partial charge in [-0.2, -0.15) is 0 Å². The summed E-state index contributed by atoms with van der Waals surface area (Å²) in [6.45, 7) is 4.53. The lowest BCUT2D eigenvalue weighted by Gasteiger charge is -2.23. The highest BCUT2D eigenvalue weighted by Crippen LogP contribution is 2.49. The molecule has 1 fully saturated rings. The first-order chi connectivity index (χ1) is 8.51. The van der Waals surface area contributed by atoms with E-state index in [0.29, 0.717) is 17.2 Å². The van der Waals surface area contributed by atoms with Gasteiger partial charge in [0.2, 0.25) is 5.91 Å². The lowest BCUT2D eigenvalue weighted by atomic mass is 10.0. The Labute approximate surface area is 113 Å². The number of carbonyl (C=O) groups excluding carboxylic acids is 1. The second-order valence-corrected chi connectivity index (χ2v) is 6.29. The van der Waals surface area contributed by atoms with Gasteiger partial charge in [-0.15, -0.1) is 11.8 Å². The Morgan fingerprint density at radius 2 is 2.17 bits per heavy atom. The summed E-state index contributed by atoms with van der Waals surface area (Å²) in [5.41, 5.74) is 6.72. The van der Waals surface area contributed by atoms with E-state index in [1.165, 1.54) is 24.6 Å². The fourth-order valence-corrected chi connectivity index (χ4v) is 2.65. The molecule has 0 spiro atoms. The molecule has 1 atom stereocenters. The number of hydrogen-bond donors (Lipinski definition) is 2. The van der Waals surface area contributed by atoms with Crippen molar-refractivity contribution in [1.29, 1.82) is 0 Å². The fourth-order valence-electron chi connectivity index (χ4n) is 1.90. The molecule has 1 aliphatic rings. The zero-order valence-electron chi connectivity index (χ0n) is 10.9. The number of anilines is 1. The summed E-state index contributed by atoms with van der Waals surface area (Å²) in [6, 6.07) is 8.54. The van der Waals surface area contributed by atoms with Crippen molar-refractivity contribution in [1.82, 2.24) is 0 Å². The molecule has 0 heterocycles. The predicted octanol–water partition coefficient (Wildman–Crippen LogP) is 2.86. The Kier molecular flexibility index (Phi) is 3.85. The van der Waals surface area contributed by atoms with Crippen LogP contribution >= 0.6 is 11.8 Å². The van der Waals surface area contributed by atoms with Crippen LogP contribution in [-0.4, -0.2) is 17.7 Å². The van der Waals surface area contributed by atoms with Crippen molar-refractivity contribution in [2.75, 3.05) is 11.1 Å². The van der Waals surface area contributed by atoms with E-state index in [9.17, 15) is 4.79 Å².